The van der Waals surface area contributed by atoms with Crippen molar-refractivity contribution in [1.82, 2.24) is 9.46 Å². The molecule has 2 aromatic rings. The second-order valence-electron chi connectivity index (χ2n) is 6.41. The molecule has 0 bridgehead atoms. The van der Waals surface area contributed by atoms with Crippen LogP contribution in [0.1, 0.15) is 30.5 Å². The van der Waals surface area contributed by atoms with Crippen LogP contribution in [0.15, 0.2) is 26.2 Å². The number of sulfonamides is 1. The summed E-state index contributed by atoms with van der Waals surface area (Å²) >= 11 is 1.20. The number of nitrogens with zero attached hydrogens (tertiary/aromatic N) is 2. The third kappa shape index (κ3) is 3.11. The summed E-state index contributed by atoms with van der Waals surface area (Å²) < 4.78 is 32.3. The highest BCUT2D eigenvalue weighted by molar-refractivity contribution is 7.91. The molecule has 1 amide bonds. The monoisotopic (exact) mass is 381 g/mol. The third-order valence-corrected chi connectivity index (χ3v) is 8.03. The summed E-state index contributed by atoms with van der Waals surface area (Å²) in [6, 6.07) is 3.32. The quantitative estimate of drug-likeness (QED) is 0.877. The summed E-state index contributed by atoms with van der Waals surface area (Å²) in [6.45, 7) is 0.643. The first-order chi connectivity index (χ1) is 12.1. The summed E-state index contributed by atoms with van der Waals surface area (Å²) in [7, 11) is -3.52. The van der Waals surface area contributed by atoms with E-state index in [1.807, 2.05) is 0 Å². The van der Waals surface area contributed by atoms with Crippen LogP contribution in [-0.2, 0) is 27.7 Å². The Morgan fingerprint density at radius 2 is 2.24 bits per heavy atom. The number of nitrogens with one attached hydrogen (secondary N) is 1. The van der Waals surface area contributed by atoms with E-state index >= 15 is 0 Å². The van der Waals surface area contributed by atoms with Gasteiger partial charge >= 0.3 is 0 Å². The van der Waals surface area contributed by atoms with Crippen molar-refractivity contribution in [3.63, 3.8) is 0 Å². The molecular weight excluding hydrogens is 362 g/mol. The Morgan fingerprint density at radius 3 is 3.04 bits per heavy atom. The first-order valence-corrected chi connectivity index (χ1v) is 10.7. The predicted octanol–water partition coefficient (Wildman–Crippen LogP) is 2.26. The topological polar surface area (TPSA) is 92.5 Å². The van der Waals surface area contributed by atoms with Gasteiger partial charge in [0.25, 0.3) is 10.0 Å². The van der Waals surface area contributed by atoms with Crippen molar-refractivity contribution < 1.29 is 17.7 Å². The largest absolute Gasteiger partial charge is 0.338 e. The Hall–Kier alpha value is -1.71. The summed E-state index contributed by atoms with van der Waals surface area (Å²) in [5, 5.41) is 8.54. The smallest absolute Gasteiger partial charge is 0.252 e. The molecule has 9 heteroatoms. The van der Waals surface area contributed by atoms with Crippen LogP contribution in [0.5, 0.6) is 0 Å². The summed E-state index contributed by atoms with van der Waals surface area (Å²) in [6.07, 6.45) is 4.09. The zero-order chi connectivity index (χ0) is 17.4. The van der Waals surface area contributed by atoms with E-state index in [0.717, 1.165) is 30.5 Å². The number of carbonyl (C=O) groups excluding carboxylic acids is 1. The molecule has 25 heavy (non-hydrogen) atoms. The van der Waals surface area contributed by atoms with E-state index in [1.165, 1.54) is 15.6 Å². The molecule has 0 saturated carbocycles. The van der Waals surface area contributed by atoms with Crippen LogP contribution in [0.4, 0.5) is 5.88 Å². The van der Waals surface area contributed by atoms with Gasteiger partial charge in [-0.1, -0.05) is 11.2 Å². The maximum absolute atomic E-state index is 12.7. The van der Waals surface area contributed by atoms with E-state index in [0.29, 0.717) is 29.5 Å². The summed E-state index contributed by atoms with van der Waals surface area (Å²) in [5.74, 6) is -0.154. The Bertz CT molecular complexity index is 873. The molecule has 1 saturated heterocycles. The number of hydrogen-bond acceptors (Lipinski definition) is 6. The van der Waals surface area contributed by atoms with Crippen molar-refractivity contribution in [3.05, 3.63) is 28.8 Å². The van der Waals surface area contributed by atoms with Crippen LogP contribution >= 0.6 is 11.3 Å². The zero-order valence-corrected chi connectivity index (χ0v) is 15.2. The SMILES string of the molecule is O=C(Nc1onc2c1CCC2)C1CCCN(S(=O)(=O)c2cccs2)C1. The zero-order valence-electron chi connectivity index (χ0n) is 13.6. The number of anilines is 1. The van der Waals surface area contributed by atoms with Gasteiger partial charge in [0.15, 0.2) is 0 Å². The number of carbonyl (C=O) groups is 1. The van der Waals surface area contributed by atoms with Crippen LogP contribution in [0.3, 0.4) is 0 Å². The standard InChI is InChI=1S/C16H19N3O4S2/c20-15(17-16-12-5-1-6-13(12)18-23-16)11-4-2-8-19(10-11)25(21,22)14-7-3-9-24-14/h3,7,9,11H,1-2,4-6,8,10H2,(H,17,20). The third-order valence-electron chi connectivity index (χ3n) is 4.79. The molecule has 1 aliphatic carbocycles. The second kappa shape index (κ2) is 6.54. The highest BCUT2D eigenvalue weighted by Gasteiger charge is 2.34. The van der Waals surface area contributed by atoms with Crippen molar-refractivity contribution in [2.45, 2.75) is 36.3 Å². The molecule has 0 aromatic carbocycles. The lowest BCUT2D eigenvalue weighted by Gasteiger charge is -2.30. The molecule has 1 unspecified atom stereocenters. The second-order valence-corrected chi connectivity index (χ2v) is 9.53. The fourth-order valence-corrected chi connectivity index (χ4v) is 6.12. The molecular formula is C16H19N3O4S2. The van der Waals surface area contributed by atoms with Crippen molar-refractivity contribution >= 4 is 33.2 Å². The van der Waals surface area contributed by atoms with E-state index in [4.69, 9.17) is 4.52 Å². The molecule has 4 rings (SSSR count). The van der Waals surface area contributed by atoms with Crippen LogP contribution < -0.4 is 5.32 Å². The number of thiophene rings is 1. The first-order valence-electron chi connectivity index (χ1n) is 8.37. The minimum Gasteiger partial charge on any atom is -0.338 e. The van der Waals surface area contributed by atoms with Gasteiger partial charge in [-0.2, -0.15) is 4.31 Å². The number of aromatic nitrogens is 1. The van der Waals surface area contributed by atoms with Crippen LogP contribution in [0, 0.1) is 5.92 Å². The summed E-state index contributed by atoms with van der Waals surface area (Å²) in [5.41, 5.74) is 1.90. The van der Waals surface area contributed by atoms with E-state index < -0.39 is 10.0 Å². The van der Waals surface area contributed by atoms with Gasteiger partial charge in [-0.3, -0.25) is 10.1 Å². The lowest BCUT2D eigenvalue weighted by molar-refractivity contribution is -0.121. The maximum Gasteiger partial charge on any atom is 0.252 e. The number of amides is 1. The van der Waals surface area contributed by atoms with Gasteiger partial charge in [-0.15, -0.1) is 11.3 Å². The minimum absolute atomic E-state index is 0.197. The van der Waals surface area contributed by atoms with E-state index in [1.54, 1.807) is 17.5 Å². The Labute approximate surface area is 150 Å². The summed E-state index contributed by atoms with van der Waals surface area (Å²) in [4.78, 5) is 12.6. The molecule has 134 valence electrons. The molecule has 2 aromatic heterocycles. The predicted molar refractivity (Wildman–Crippen MR) is 93.0 cm³/mol. The Morgan fingerprint density at radius 1 is 1.36 bits per heavy atom. The number of aryl methyl sites for hydroxylation is 1. The van der Waals surface area contributed by atoms with Gasteiger partial charge in [0.1, 0.15) is 4.21 Å². The lowest BCUT2D eigenvalue weighted by Crippen LogP contribution is -2.43. The van der Waals surface area contributed by atoms with Crippen LogP contribution in [-0.4, -0.2) is 36.9 Å². The van der Waals surface area contributed by atoms with E-state index in [-0.39, 0.29) is 18.4 Å². The van der Waals surface area contributed by atoms with E-state index in [2.05, 4.69) is 10.5 Å². The van der Waals surface area contributed by atoms with Gasteiger partial charge < -0.3 is 4.52 Å². The molecule has 3 heterocycles. The lowest BCUT2D eigenvalue weighted by atomic mass is 9.99. The molecule has 2 aliphatic rings. The number of fused-ring (bicyclic) bond motifs is 1. The molecule has 1 atom stereocenters. The maximum atomic E-state index is 12.7. The minimum atomic E-state index is -3.52. The molecule has 1 N–H and O–H groups in total. The van der Waals surface area contributed by atoms with Crippen molar-refractivity contribution in [3.8, 4) is 0 Å². The number of piperidine rings is 1. The van der Waals surface area contributed by atoms with Crippen molar-refractivity contribution in [2.75, 3.05) is 18.4 Å². The number of hydrogen-bond donors (Lipinski definition) is 1. The fraction of sp³-hybridized carbons (Fsp3) is 0.500. The van der Waals surface area contributed by atoms with Gasteiger partial charge in [-0.05, 0) is 43.6 Å². The first kappa shape index (κ1) is 16.7. The van der Waals surface area contributed by atoms with Gasteiger partial charge in [0.05, 0.1) is 11.6 Å². The fourth-order valence-electron chi connectivity index (χ4n) is 3.45. The molecule has 7 nitrogen and oxygen atoms in total. The van der Waals surface area contributed by atoms with Crippen molar-refractivity contribution in [2.24, 2.45) is 5.92 Å². The molecule has 1 aliphatic heterocycles. The van der Waals surface area contributed by atoms with Gasteiger partial charge in [-0.25, -0.2) is 8.42 Å². The van der Waals surface area contributed by atoms with Crippen LogP contribution in [0.2, 0.25) is 0 Å². The van der Waals surface area contributed by atoms with Crippen LogP contribution in [0.25, 0.3) is 0 Å². The average molecular weight is 381 g/mol. The van der Waals surface area contributed by atoms with E-state index in [9.17, 15) is 13.2 Å². The number of rotatable bonds is 4. The highest BCUT2D eigenvalue weighted by atomic mass is 32.2. The van der Waals surface area contributed by atoms with Gasteiger partial charge in [0, 0.05) is 18.7 Å². The average Bonchev–Trinajstić information content (AvgIpc) is 3.34. The molecule has 0 radical (unpaired) electrons. The molecule has 0 spiro atoms. The highest BCUT2D eigenvalue weighted by Crippen LogP contribution is 2.30. The Kier molecular flexibility index (Phi) is 4.38. The Balaban J connectivity index is 1.46. The molecule has 1 fully saturated rings. The van der Waals surface area contributed by atoms with Crippen molar-refractivity contribution in [1.29, 1.82) is 0 Å². The normalized spacial score (nSPS) is 21.2. The van der Waals surface area contributed by atoms with Gasteiger partial charge in [0.2, 0.25) is 11.8 Å².